The lowest BCUT2D eigenvalue weighted by Gasteiger charge is -2.21. The molecule has 0 spiro atoms. The van der Waals surface area contributed by atoms with Crippen molar-refractivity contribution < 1.29 is 23.7 Å². The number of hydrogen-bond donors (Lipinski definition) is 3. The Morgan fingerprint density at radius 2 is 2.08 bits per heavy atom. The first-order valence-corrected chi connectivity index (χ1v) is 7.69. The number of benzene rings is 1. The van der Waals surface area contributed by atoms with Crippen LogP contribution in [0, 0.1) is 5.41 Å². The number of nitrogens with one attached hydrogen (secondary N) is 2. The van der Waals surface area contributed by atoms with Crippen molar-refractivity contribution >= 4 is 17.6 Å². The minimum Gasteiger partial charge on any atom is -0.446 e. The average Bonchev–Trinajstić information content (AvgIpc) is 3.01. The number of fused-ring (bicyclic) bond motifs is 1. The summed E-state index contributed by atoms with van der Waals surface area (Å²) >= 11 is 0. The monoisotopic (exact) mass is 335 g/mol. The molecule has 2 aliphatic heterocycles. The number of anilines is 1. The smallest absolute Gasteiger partial charge is 0.412 e. The maximum absolute atomic E-state index is 11.8. The van der Waals surface area contributed by atoms with Gasteiger partial charge in [0, 0.05) is 11.3 Å². The molecule has 0 unspecified atom stereocenters. The Morgan fingerprint density at radius 1 is 1.38 bits per heavy atom. The second-order valence-electron chi connectivity index (χ2n) is 6.23. The van der Waals surface area contributed by atoms with Gasteiger partial charge in [0.2, 0.25) is 0 Å². The molecule has 0 bridgehead atoms. The number of ether oxygens (including phenoxy) is 4. The first kappa shape index (κ1) is 16.7. The third-order valence-corrected chi connectivity index (χ3v) is 3.87. The van der Waals surface area contributed by atoms with E-state index in [2.05, 4.69) is 5.32 Å². The van der Waals surface area contributed by atoms with E-state index in [4.69, 9.17) is 30.1 Å². The molecule has 130 valence electrons. The van der Waals surface area contributed by atoms with Gasteiger partial charge in [-0.3, -0.25) is 10.7 Å². The minimum absolute atomic E-state index is 0.0292. The Morgan fingerprint density at radius 3 is 2.79 bits per heavy atom. The molecule has 1 aromatic carbocycles. The minimum atomic E-state index is -0.720. The fraction of sp³-hybridized carbons (Fsp3) is 0.500. The first-order chi connectivity index (χ1) is 11.3. The van der Waals surface area contributed by atoms with Crippen molar-refractivity contribution in [2.45, 2.75) is 37.9 Å². The zero-order valence-corrected chi connectivity index (χ0v) is 13.6. The molecule has 4 N–H and O–H groups in total. The SMILES string of the molecule is CC1(C)O[C@H]2[C@H](CO[C@@H]2COC(=O)NC(=N)c2ccc(N)cc2)O1. The molecule has 0 aromatic heterocycles. The summed E-state index contributed by atoms with van der Waals surface area (Å²) in [5.41, 5.74) is 6.71. The van der Waals surface area contributed by atoms with E-state index in [1.165, 1.54) is 0 Å². The summed E-state index contributed by atoms with van der Waals surface area (Å²) in [4.78, 5) is 11.8. The van der Waals surface area contributed by atoms with Crippen molar-refractivity contribution in [3.8, 4) is 0 Å². The van der Waals surface area contributed by atoms with Crippen LogP contribution in [0.15, 0.2) is 24.3 Å². The summed E-state index contributed by atoms with van der Waals surface area (Å²) in [5, 5.41) is 10.2. The van der Waals surface area contributed by atoms with Crippen molar-refractivity contribution in [2.75, 3.05) is 18.9 Å². The van der Waals surface area contributed by atoms with Gasteiger partial charge in [0.15, 0.2) is 5.79 Å². The molecule has 24 heavy (non-hydrogen) atoms. The van der Waals surface area contributed by atoms with E-state index in [0.717, 1.165) is 0 Å². The standard InChI is InChI=1S/C16H21N3O5/c1-16(2)23-12-8-21-11(13(12)24-16)7-22-15(20)19-14(18)9-3-5-10(17)6-4-9/h3-6,11-13H,7-8,17H2,1-2H3,(H2,18,19,20)/t11-,12+,13-/m1/s1. The van der Waals surface area contributed by atoms with Gasteiger partial charge in [-0.25, -0.2) is 4.79 Å². The number of nitrogen functional groups attached to an aromatic ring is 1. The van der Waals surface area contributed by atoms with Crippen molar-refractivity contribution in [2.24, 2.45) is 0 Å². The summed E-state index contributed by atoms with van der Waals surface area (Å²) in [7, 11) is 0. The Bertz CT molecular complexity index is 631. The molecule has 2 saturated heterocycles. The van der Waals surface area contributed by atoms with Gasteiger partial charge in [-0.05, 0) is 38.1 Å². The van der Waals surface area contributed by atoms with E-state index in [0.29, 0.717) is 17.9 Å². The molecular weight excluding hydrogens is 314 g/mol. The quantitative estimate of drug-likeness (QED) is 0.435. The van der Waals surface area contributed by atoms with Crippen molar-refractivity contribution in [3.05, 3.63) is 29.8 Å². The largest absolute Gasteiger partial charge is 0.446 e. The normalized spacial score (nSPS) is 27.5. The van der Waals surface area contributed by atoms with Gasteiger partial charge in [-0.15, -0.1) is 0 Å². The van der Waals surface area contributed by atoms with Crippen molar-refractivity contribution in [3.63, 3.8) is 0 Å². The molecule has 2 fully saturated rings. The maximum atomic E-state index is 11.8. The lowest BCUT2D eigenvalue weighted by atomic mass is 10.2. The number of hydrogen-bond acceptors (Lipinski definition) is 7. The Labute approximate surface area is 139 Å². The molecule has 0 aliphatic carbocycles. The Hall–Kier alpha value is -2.16. The van der Waals surface area contributed by atoms with E-state index >= 15 is 0 Å². The fourth-order valence-electron chi connectivity index (χ4n) is 2.78. The number of nitrogens with two attached hydrogens (primary N) is 1. The third-order valence-electron chi connectivity index (χ3n) is 3.87. The lowest BCUT2D eigenvalue weighted by Crippen LogP contribution is -2.37. The van der Waals surface area contributed by atoms with Crippen LogP contribution in [-0.2, 0) is 18.9 Å². The maximum Gasteiger partial charge on any atom is 0.412 e. The third kappa shape index (κ3) is 3.66. The number of carbonyl (C=O) groups is 1. The number of alkyl carbamates (subject to hydrolysis) is 1. The van der Waals surface area contributed by atoms with Crippen LogP contribution >= 0.6 is 0 Å². The van der Waals surface area contributed by atoms with Crippen LogP contribution in [0.4, 0.5) is 10.5 Å². The molecule has 0 saturated carbocycles. The Kier molecular flexibility index (Phi) is 4.44. The number of amides is 1. The predicted molar refractivity (Wildman–Crippen MR) is 85.7 cm³/mol. The second kappa shape index (κ2) is 6.39. The van der Waals surface area contributed by atoms with Gasteiger partial charge >= 0.3 is 6.09 Å². The highest BCUT2D eigenvalue weighted by Crippen LogP contribution is 2.35. The molecule has 8 nitrogen and oxygen atoms in total. The predicted octanol–water partition coefficient (Wildman–Crippen LogP) is 1.24. The summed E-state index contributed by atoms with van der Waals surface area (Å²) in [6.07, 6.45) is -1.51. The summed E-state index contributed by atoms with van der Waals surface area (Å²) < 4.78 is 22.1. The van der Waals surface area contributed by atoms with E-state index in [1.54, 1.807) is 24.3 Å². The van der Waals surface area contributed by atoms with Gasteiger partial charge < -0.3 is 24.7 Å². The average molecular weight is 335 g/mol. The second-order valence-corrected chi connectivity index (χ2v) is 6.23. The Balaban J connectivity index is 1.48. The highest BCUT2D eigenvalue weighted by atomic mass is 16.8. The zero-order valence-electron chi connectivity index (χ0n) is 13.6. The molecule has 8 heteroatoms. The van der Waals surface area contributed by atoms with Crippen LogP contribution in [0.1, 0.15) is 19.4 Å². The van der Waals surface area contributed by atoms with E-state index < -0.39 is 11.9 Å². The molecule has 2 aliphatic rings. The zero-order chi connectivity index (χ0) is 17.3. The lowest BCUT2D eigenvalue weighted by molar-refractivity contribution is -0.177. The van der Waals surface area contributed by atoms with Gasteiger partial charge in [0.25, 0.3) is 0 Å². The molecule has 0 radical (unpaired) electrons. The summed E-state index contributed by atoms with van der Waals surface area (Å²) in [5.74, 6) is -0.719. The van der Waals surface area contributed by atoms with Crippen LogP contribution in [-0.4, -0.2) is 49.2 Å². The van der Waals surface area contributed by atoms with Crippen molar-refractivity contribution in [1.29, 1.82) is 5.41 Å². The molecular formula is C16H21N3O5. The van der Waals surface area contributed by atoms with Gasteiger partial charge in [0.05, 0.1) is 6.61 Å². The molecule has 3 rings (SSSR count). The van der Waals surface area contributed by atoms with Crippen LogP contribution in [0.2, 0.25) is 0 Å². The van der Waals surface area contributed by atoms with Crippen molar-refractivity contribution in [1.82, 2.24) is 5.32 Å². The van der Waals surface area contributed by atoms with Crippen LogP contribution in [0.25, 0.3) is 0 Å². The van der Waals surface area contributed by atoms with Crippen LogP contribution < -0.4 is 11.1 Å². The van der Waals surface area contributed by atoms with Crippen LogP contribution in [0.5, 0.6) is 0 Å². The number of rotatable bonds is 3. The summed E-state index contributed by atoms with van der Waals surface area (Å²) in [6, 6.07) is 6.61. The van der Waals surface area contributed by atoms with Gasteiger partial charge in [0.1, 0.15) is 30.8 Å². The number of carbonyl (C=O) groups excluding carboxylic acids is 1. The topological polar surface area (TPSA) is 116 Å². The number of amidine groups is 1. The van der Waals surface area contributed by atoms with E-state index in [-0.39, 0.29) is 30.8 Å². The molecule has 1 amide bonds. The van der Waals surface area contributed by atoms with E-state index in [1.807, 2.05) is 13.8 Å². The fourth-order valence-corrected chi connectivity index (χ4v) is 2.78. The van der Waals surface area contributed by atoms with E-state index in [9.17, 15) is 4.79 Å². The molecule has 1 aromatic rings. The van der Waals surface area contributed by atoms with Crippen LogP contribution in [0.3, 0.4) is 0 Å². The molecule has 2 heterocycles. The highest BCUT2D eigenvalue weighted by Gasteiger charge is 2.50. The summed E-state index contributed by atoms with van der Waals surface area (Å²) in [6.45, 7) is 4.11. The highest BCUT2D eigenvalue weighted by molar-refractivity contribution is 6.04. The molecule has 3 atom stereocenters. The van der Waals surface area contributed by atoms with Gasteiger partial charge in [-0.2, -0.15) is 0 Å². The first-order valence-electron chi connectivity index (χ1n) is 7.69. The van der Waals surface area contributed by atoms with Gasteiger partial charge in [-0.1, -0.05) is 0 Å².